The van der Waals surface area contributed by atoms with Gasteiger partial charge in [-0.05, 0) is 32.0 Å². The fraction of sp³-hybridized carbons (Fsp3) is 0.538. The molecule has 1 heterocycles. The normalized spacial score (nSPS) is 26.3. The van der Waals surface area contributed by atoms with Gasteiger partial charge >= 0.3 is 0 Å². The van der Waals surface area contributed by atoms with Crippen molar-refractivity contribution in [2.45, 2.75) is 26.4 Å². The molecule has 2 atom stereocenters. The Hall–Kier alpha value is -1.02. The Morgan fingerprint density at radius 2 is 2.00 bits per heavy atom. The molecular formula is C13H19NO. The van der Waals surface area contributed by atoms with Crippen LogP contribution in [0.1, 0.15) is 18.9 Å². The van der Waals surface area contributed by atoms with Crippen LogP contribution >= 0.6 is 0 Å². The van der Waals surface area contributed by atoms with Crippen LogP contribution in [-0.2, 0) is 0 Å². The lowest BCUT2D eigenvalue weighted by atomic mass is 9.98. The maximum absolute atomic E-state index is 5.98. The number of hydrogen-bond donors (Lipinski definition) is 1. The molecule has 15 heavy (non-hydrogen) atoms. The van der Waals surface area contributed by atoms with E-state index in [0.29, 0.717) is 12.0 Å². The quantitative estimate of drug-likeness (QED) is 0.800. The van der Waals surface area contributed by atoms with Gasteiger partial charge in [0.2, 0.25) is 0 Å². The lowest BCUT2D eigenvalue weighted by Gasteiger charge is -2.30. The molecule has 1 N–H and O–H groups in total. The van der Waals surface area contributed by atoms with Gasteiger partial charge in [0.25, 0.3) is 0 Å². The fourth-order valence-corrected chi connectivity index (χ4v) is 1.96. The Kier molecular flexibility index (Phi) is 3.27. The molecule has 2 unspecified atom stereocenters. The van der Waals surface area contributed by atoms with Gasteiger partial charge in [0, 0.05) is 12.5 Å². The zero-order valence-electron chi connectivity index (χ0n) is 9.49. The second kappa shape index (κ2) is 4.67. The summed E-state index contributed by atoms with van der Waals surface area (Å²) < 4.78 is 5.98. The van der Waals surface area contributed by atoms with Crippen molar-refractivity contribution in [3.05, 3.63) is 29.8 Å². The largest absolute Gasteiger partial charge is 0.490 e. The Labute approximate surface area is 91.6 Å². The van der Waals surface area contributed by atoms with E-state index in [2.05, 4.69) is 43.4 Å². The monoisotopic (exact) mass is 205 g/mol. The minimum absolute atomic E-state index is 0.369. The van der Waals surface area contributed by atoms with Gasteiger partial charge in [-0.1, -0.05) is 24.6 Å². The van der Waals surface area contributed by atoms with E-state index in [-0.39, 0.29) is 0 Å². The van der Waals surface area contributed by atoms with Gasteiger partial charge in [-0.2, -0.15) is 0 Å². The van der Waals surface area contributed by atoms with Gasteiger partial charge in [0.15, 0.2) is 0 Å². The highest BCUT2D eigenvalue weighted by molar-refractivity contribution is 5.26. The Morgan fingerprint density at radius 1 is 1.27 bits per heavy atom. The molecule has 1 aromatic carbocycles. The molecule has 1 saturated heterocycles. The highest BCUT2D eigenvalue weighted by Crippen LogP contribution is 2.20. The second-order valence-electron chi connectivity index (χ2n) is 4.44. The molecule has 0 bridgehead atoms. The molecule has 0 aliphatic carbocycles. The van der Waals surface area contributed by atoms with Crippen LogP contribution in [0, 0.1) is 12.8 Å². The molecule has 0 saturated carbocycles. The minimum atomic E-state index is 0.369. The van der Waals surface area contributed by atoms with Crippen molar-refractivity contribution in [1.82, 2.24) is 5.32 Å². The lowest BCUT2D eigenvalue weighted by Crippen LogP contribution is -2.41. The van der Waals surface area contributed by atoms with Gasteiger partial charge < -0.3 is 10.1 Å². The number of ether oxygens (including phenoxy) is 1. The molecule has 2 rings (SSSR count). The summed E-state index contributed by atoms with van der Waals surface area (Å²) in [6.45, 7) is 6.47. The number of rotatable bonds is 2. The van der Waals surface area contributed by atoms with Crippen molar-refractivity contribution in [2.75, 3.05) is 13.1 Å². The molecule has 82 valence electrons. The Bertz CT molecular complexity index is 307. The van der Waals surface area contributed by atoms with Crippen LogP contribution in [-0.4, -0.2) is 19.2 Å². The molecule has 0 spiro atoms. The van der Waals surface area contributed by atoms with Crippen molar-refractivity contribution >= 4 is 0 Å². The second-order valence-corrected chi connectivity index (χ2v) is 4.44. The number of piperidine rings is 1. The van der Waals surface area contributed by atoms with Crippen LogP contribution in [0.15, 0.2) is 24.3 Å². The zero-order valence-corrected chi connectivity index (χ0v) is 9.49. The summed E-state index contributed by atoms with van der Waals surface area (Å²) in [5.74, 6) is 1.60. The van der Waals surface area contributed by atoms with Crippen molar-refractivity contribution < 1.29 is 4.74 Å². The van der Waals surface area contributed by atoms with Crippen molar-refractivity contribution in [3.63, 3.8) is 0 Å². The van der Waals surface area contributed by atoms with Gasteiger partial charge in [0.1, 0.15) is 11.9 Å². The summed E-state index contributed by atoms with van der Waals surface area (Å²) >= 11 is 0. The minimum Gasteiger partial charge on any atom is -0.490 e. The molecule has 1 aromatic rings. The summed E-state index contributed by atoms with van der Waals surface area (Å²) in [4.78, 5) is 0. The molecule has 0 amide bonds. The van der Waals surface area contributed by atoms with E-state index in [4.69, 9.17) is 4.74 Å². The molecule has 0 radical (unpaired) electrons. The summed E-state index contributed by atoms with van der Waals surface area (Å²) in [5, 5.41) is 3.38. The number of aryl methyl sites for hydroxylation is 1. The molecule has 1 aliphatic rings. The average molecular weight is 205 g/mol. The summed E-state index contributed by atoms with van der Waals surface area (Å²) in [6, 6.07) is 8.32. The first-order chi connectivity index (χ1) is 7.25. The molecule has 2 heteroatoms. The first kappa shape index (κ1) is 10.5. The van der Waals surface area contributed by atoms with E-state index in [0.717, 1.165) is 25.3 Å². The highest BCUT2D eigenvalue weighted by atomic mass is 16.5. The number of benzene rings is 1. The van der Waals surface area contributed by atoms with E-state index < -0.39 is 0 Å². The third kappa shape index (κ3) is 2.72. The SMILES string of the molecule is Cc1ccc(OC2CCNCC2C)cc1. The first-order valence-corrected chi connectivity index (χ1v) is 5.70. The third-order valence-corrected chi connectivity index (χ3v) is 3.02. The fourth-order valence-electron chi connectivity index (χ4n) is 1.96. The van der Waals surface area contributed by atoms with Crippen molar-refractivity contribution in [1.29, 1.82) is 0 Å². The van der Waals surface area contributed by atoms with E-state index in [1.807, 2.05) is 0 Å². The summed E-state index contributed by atoms with van der Waals surface area (Å²) in [5.41, 5.74) is 1.28. The van der Waals surface area contributed by atoms with E-state index in [1.54, 1.807) is 0 Å². The van der Waals surface area contributed by atoms with Crippen LogP contribution in [0.5, 0.6) is 5.75 Å². The van der Waals surface area contributed by atoms with E-state index >= 15 is 0 Å². The standard InChI is InChI=1S/C13H19NO/c1-10-3-5-12(6-4-10)15-13-7-8-14-9-11(13)2/h3-6,11,13-14H,7-9H2,1-2H3. The predicted octanol–water partition coefficient (Wildman–Crippen LogP) is 2.37. The predicted molar refractivity (Wildman–Crippen MR) is 62.2 cm³/mol. The lowest BCUT2D eigenvalue weighted by molar-refractivity contribution is 0.112. The number of nitrogens with one attached hydrogen (secondary N) is 1. The average Bonchev–Trinajstić information content (AvgIpc) is 2.25. The molecule has 0 aromatic heterocycles. The summed E-state index contributed by atoms with van der Waals surface area (Å²) in [6.07, 6.45) is 1.48. The van der Waals surface area contributed by atoms with E-state index in [9.17, 15) is 0 Å². The molecule has 1 aliphatic heterocycles. The maximum Gasteiger partial charge on any atom is 0.119 e. The van der Waals surface area contributed by atoms with Gasteiger partial charge in [0.05, 0.1) is 0 Å². The molecule has 1 fully saturated rings. The summed E-state index contributed by atoms with van der Waals surface area (Å²) in [7, 11) is 0. The van der Waals surface area contributed by atoms with Crippen LogP contribution in [0.3, 0.4) is 0 Å². The Morgan fingerprint density at radius 3 is 2.67 bits per heavy atom. The van der Waals surface area contributed by atoms with Gasteiger partial charge in [-0.15, -0.1) is 0 Å². The van der Waals surface area contributed by atoms with Crippen LogP contribution < -0.4 is 10.1 Å². The molecular weight excluding hydrogens is 186 g/mol. The molecule has 2 nitrogen and oxygen atoms in total. The zero-order chi connectivity index (χ0) is 10.7. The van der Waals surface area contributed by atoms with Crippen LogP contribution in [0.25, 0.3) is 0 Å². The first-order valence-electron chi connectivity index (χ1n) is 5.70. The van der Waals surface area contributed by atoms with Crippen molar-refractivity contribution in [2.24, 2.45) is 5.92 Å². The van der Waals surface area contributed by atoms with Gasteiger partial charge in [-0.3, -0.25) is 0 Å². The van der Waals surface area contributed by atoms with Crippen molar-refractivity contribution in [3.8, 4) is 5.75 Å². The van der Waals surface area contributed by atoms with Gasteiger partial charge in [-0.25, -0.2) is 0 Å². The topological polar surface area (TPSA) is 21.3 Å². The van der Waals surface area contributed by atoms with Crippen LogP contribution in [0.2, 0.25) is 0 Å². The third-order valence-electron chi connectivity index (χ3n) is 3.02. The smallest absolute Gasteiger partial charge is 0.119 e. The Balaban J connectivity index is 1.98. The van der Waals surface area contributed by atoms with E-state index in [1.165, 1.54) is 5.56 Å². The maximum atomic E-state index is 5.98. The number of hydrogen-bond acceptors (Lipinski definition) is 2. The highest BCUT2D eigenvalue weighted by Gasteiger charge is 2.22. The van der Waals surface area contributed by atoms with Crippen LogP contribution in [0.4, 0.5) is 0 Å².